The van der Waals surface area contributed by atoms with Crippen molar-refractivity contribution < 1.29 is 14.0 Å². The number of aromatic nitrogens is 2. The first kappa shape index (κ1) is 15.8. The molecule has 128 valence electrons. The van der Waals surface area contributed by atoms with E-state index in [1.54, 1.807) is 24.3 Å². The van der Waals surface area contributed by atoms with E-state index in [0.29, 0.717) is 22.7 Å². The average Bonchev–Trinajstić information content (AvgIpc) is 3.14. The van der Waals surface area contributed by atoms with Gasteiger partial charge in [-0.05, 0) is 24.3 Å². The number of nitrogens with zero attached hydrogens (tertiary/aromatic N) is 3. The van der Waals surface area contributed by atoms with Crippen molar-refractivity contribution >= 4 is 17.2 Å². The first-order valence-corrected chi connectivity index (χ1v) is 7.85. The van der Waals surface area contributed by atoms with Crippen molar-refractivity contribution in [1.82, 2.24) is 10.1 Å². The van der Waals surface area contributed by atoms with Gasteiger partial charge in [-0.2, -0.15) is 4.98 Å². The molecule has 0 aliphatic carbocycles. The molecule has 0 fully saturated rings. The van der Waals surface area contributed by atoms with Gasteiger partial charge in [0.1, 0.15) is 23.4 Å². The van der Waals surface area contributed by atoms with Crippen LogP contribution in [0.4, 0.5) is 0 Å². The molecule has 0 aliphatic rings. The van der Waals surface area contributed by atoms with Gasteiger partial charge in [0.15, 0.2) is 5.82 Å². The fourth-order valence-electron chi connectivity index (χ4n) is 2.50. The summed E-state index contributed by atoms with van der Waals surface area (Å²) in [6, 6.07) is 16.1. The highest BCUT2D eigenvalue weighted by Crippen LogP contribution is 2.24. The van der Waals surface area contributed by atoms with Gasteiger partial charge in [0, 0.05) is 11.8 Å². The summed E-state index contributed by atoms with van der Waals surface area (Å²) in [5.41, 5.74) is 0.444. The Morgan fingerprint density at radius 1 is 1.08 bits per heavy atom. The van der Waals surface area contributed by atoms with Crippen LogP contribution in [0.5, 0.6) is 5.75 Å². The molecule has 1 N–H and O–H groups in total. The van der Waals surface area contributed by atoms with E-state index in [1.807, 2.05) is 30.3 Å². The molecule has 4 rings (SSSR count). The molecule has 2 heterocycles. The highest BCUT2D eigenvalue weighted by molar-refractivity contribution is 5.93. The minimum absolute atomic E-state index is 0.0181. The molecule has 0 aliphatic heterocycles. The molecular weight excluding hydrogens is 334 g/mol. The normalized spacial score (nSPS) is 11.4. The van der Waals surface area contributed by atoms with Crippen molar-refractivity contribution in [3.8, 4) is 17.2 Å². The van der Waals surface area contributed by atoms with E-state index in [0.717, 1.165) is 5.56 Å². The lowest BCUT2D eigenvalue weighted by Crippen LogP contribution is -2.07. The molecule has 0 bridgehead atoms. The van der Waals surface area contributed by atoms with Crippen molar-refractivity contribution in [2.45, 2.75) is 6.54 Å². The second-order valence-electron chi connectivity index (χ2n) is 5.50. The largest absolute Gasteiger partial charge is 0.506 e. The number of para-hydroxylation sites is 1. The van der Waals surface area contributed by atoms with Crippen LogP contribution in [-0.2, 0) is 6.54 Å². The Kier molecular flexibility index (Phi) is 4.03. The van der Waals surface area contributed by atoms with Crippen LogP contribution in [0.25, 0.3) is 22.4 Å². The lowest BCUT2D eigenvalue weighted by atomic mass is 10.1. The summed E-state index contributed by atoms with van der Waals surface area (Å²) in [4.78, 5) is 20.4. The first-order valence-electron chi connectivity index (χ1n) is 7.85. The third-order valence-electron chi connectivity index (χ3n) is 3.76. The lowest BCUT2D eigenvalue weighted by Gasteiger charge is -2.01. The predicted molar refractivity (Wildman–Crippen MR) is 95.2 cm³/mol. The van der Waals surface area contributed by atoms with E-state index in [9.17, 15) is 9.90 Å². The molecule has 2 aromatic heterocycles. The molecule has 0 amide bonds. The van der Waals surface area contributed by atoms with Crippen molar-refractivity contribution in [3.05, 3.63) is 76.4 Å². The summed E-state index contributed by atoms with van der Waals surface area (Å²) in [6.07, 6.45) is 1.26. The standard InChI is InChI=1S/C19H13N3O4/c23-17-13-8-4-5-9-15(13)25-19(24)14(17)10-20-11-16-21-18(26-22-16)12-6-2-1-3-7-12/h1-10,23H,11H2. The highest BCUT2D eigenvalue weighted by atomic mass is 16.5. The Morgan fingerprint density at radius 3 is 2.69 bits per heavy atom. The summed E-state index contributed by atoms with van der Waals surface area (Å²) in [5.74, 6) is 0.590. The van der Waals surface area contributed by atoms with Crippen molar-refractivity contribution in [2.24, 2.45) is 4.99 Å². The third-order valence-corrected chi connectivity index (χ3v) is 3.76. The maximum Gasteiger partial charge on any atom is 0.348 e. The van der Waals surface area contributed by atoms with E-state index in [4.69, 9.17) is 8.94 Å². The maximum absolute atomic E-state index is 12.0. The number of aliphatic imine (C=N–C) groups is 1. The van der Waals surface area contributed by atoms with E-state index < -0.39 is 5.63 Å². The Balaban J connectivity index is 1.57. The van der Waals surface area contributed by atoms with Crippen LogP contribution in [0, 0.1) is 0 Å². The fourth-order valence-corrected chi connectivity index (χ4v) is 2.50. The van der Waals surface area contributed by atoms with E-state index in [1.165, 1.54) is 6.21 Å². The van der Waals surface area contributed by atoms with E-state index >= 15 is 0 Å². The van der Waals surface area contributed by atoms with Crippen molar-refractivity contribution in [1.29, 1.82) is 0 Å². The molecule has 0 unspecified atom stereocenters. The van der Waals surface area contributed by atoms with Gasteiger partial charge in [-0.1, -0.05) is 35.5 Å². The molecule has 2 aromatic carbocycles. The lowest BCUT2D eigenvalue weighted by molar-refractivity contribution is 0.423. The quantitative estimate of drug-likeness (QED) is 0.449. The number of aromatic hydroxyl groups is 1. The van der Waals surface area contributed by atoms with Crippen LogP contribution in [-0.4, -0.2) is 21.5 Å². The predicted octanol–water partition coefficient (Wildman–Crippen LogP) is 3.17. The van der Waals surface area contributed by atoms with Gasteiger partial charge in [0.2, 0.25) is 0 Å². The van der Waals surface area contributed by atoms with Crippen LogP contribution < -0.4 is 5.63 Å². The van der Waals surface area contributed by atoms with Crippen LogP contribution in [0.3, 0.4) is 0 Å². The van der Waals surface area contributed by atoms with Crippen LogP contribution >= 0.6 is 0 Å². The summed E-state index contributed by atoms with van der Waals surface area (Å²) in [5, 5.41) is 14.6. The van der Waals surface area contributed by atoms with Crippen LogP contribution in [0.15, 0.2) is 73.3 Å². The monoisotopic (exact) mass is 347 g/mol. The first-order chi connectivity index (χ1) is 12.7. The van der Waals surface area contributed by atoms with Crippen LogP contribution in [0.2, 0.25) is 0 Å². The molecule has 7 nitrogen and oxygen atoms in total. The molecular formula is C19H13N3O4. The topological polar surface area (TPSA) is 102 Å². The molecule has 7 heteroatoms. The zero-order valence-corrected chi connectivity index (χ0v) is 13.5. The van der Waals surface area contributed by atoms with Gasteiger partial charge >= 0.3 is 5.63 Å². The summed E-state index contributed by atoms with van der Waals surface area (Å²) in [7, 11) is 0. The fraction of sp³-hybridized carbons (Fsp3) is 0.0526. The third kappa shape index (κ3) is 2.98. The Bertz CT molecular complexity index is 1150. The van der Waals surface area contributed by atoms with Gasteiger partial charge in [-0.25, -0.2) is 4.79 Å². The molecule has 0 saturated heterocycles. The number of rotatable bonds is 4. The number of hydrogen-bond acceptors (Lipinski definition) is 7. The molecule has 0 radical (unpaired) electrons. The highest BCUT2D eigenvalue weighted by Gasteiger charge is 2.12. The van der Waals surface area contributed by atoms with Gasteiger partial charge < -0.3 is 14.0 Å². The number of benzene rings is 2. The minimum atomic E-state index is -0.664. The summed E-state index contributed by atoms with van der Waals surface area (Å²) in [6.45, 7) is 0.0992. The van der Waals surface area contributed by atoms with Gasteiger partial charge in [-0.3, -0.25) is 4.99 Å². The van der Waals surface area contributed by atoms with E-state index in [-0.39, 0.29) is 17.9 Å². The number of hydrogen-bond donors (Lipinski definition) is 1. The summed E-state index contributed by atoms with van der Waals surface area (Å²) < 4.78 is 10.4. The average molecular weight is 347 g/mol. The second-order valence-corrected chi connectivity index (χ2v) is 5.50. The SMILES string of the molecule is O=c1oc2ccccc2c(O)c1C=NCc1noc(-c2ccccc2)n1. The Labute approximate surface area is 147 Å². The van der Waals surface area contributed by atoms with E-state index in [2.05, 4.69) is 15.1 Å². The molecule has 0 atom stereocenters. The zero-order valence-electron chi connectivity index (χ0n) is 13.5. The van der Waals surface area contributed by atoms with Gasteiger partial charge in [-0.15, -0.1) is 0 Å². The number of fused-ring (bicyclic) bond motifs is 1. The summed E-state index contributed by atoms with van der Waals surface area (Å²) >= 11 is 0. The molecule has 26 heavy (non-hydrogen) atoms. The molecule has 4 aromatic rings. The smallest absolute Gasteiger partial charge is 0.348 e. The minimum Gasteiger partial charge on any atom is -0.506 e. The maximum atomic E-state index is 12.0. The van der Waals surface area contributed by atoms with Crippen molar-refractivity contribution in [2.75, 3.05) is 0 Å². The van der Waals surface area contributed by atoms with Gasteiger partial charge in [0.05, 0.1) is 5.39 Å². The molecule has 0 saturated carbocycles. The van der Waals surface area contributed by atoms with Gasteiger partial charge in [0.25, 0.3) is 5.89 Å². The second kappa shape index (κ2) is 6.64. The zero-order chi connectivity index (χ0) is 17.9. The van der Waals surface area contributed by atoms with Crippen molar-refractivity contribution in [3.63, 3.8) is 0 Å². The Hall–Kier alpha value is -3.74. The molecule has 0 spiro atoms. The van der Waals surface area contributed by atoms with Crippen LogP contribution in [0.1, 0.15) is 11.4 Å². The Morgan fingerprint density at radius 2 is 1.85 bits per heavy atom.